The van der Waals surface area contributed by atoms with Crippen LogP contribution >= 0.6 is 23.4 Å². The highest BCUT2D eigenvalue weighted by Crippen LogP contribution is 2.14. The van der Waals surface area contributed by atoms with Gasteiger partial charge in [-0.15, -0.1) is 0 Å². The number of nitrogens with one attached hydrogen (secondary N) is 1. The maximum atomic E-state index is 5.75. The van der Waals surface area contributed by atoms with Gasteiger partial charge in [-0.25, -0.2) is 0 Å². The molecular weight excluding hydrogens is 204 g/mol. The number of amidine groups is 1. The van der Waals surface area contributed by atoms with Gasteiger partial charge < -0.3 is 5.32 Å². The second kappa shape index (κ2) is 5.14. The Kier molecular flexibility index (Phi) is 4.12. The predicted molar refractivity (Wildman–Crippen MR) is 61.9 cm³/mol. The molecule has 0 saturated carbocycles. The van der Waals surface area contributed by atoms with Gasteiger partial charge in [0.1, 0.15) is 0 Å². The first-order chi connectivity index (χ1) is 6.26. The van der Waals surface area contributed by atoms with Crippen LogP contribution in [0, 0.1) is 0 Å². The molecule has 0 aliphatic heterocycles. The summed E-state index contributed by atoms with van der Waals surface area (Å²) in [4.78, 5) is 4.06. The molecule has 1 aromatic rings. The Morgan fingerprint density at radius 1 is 1.38 bits per heavy atom. The van der Waals surface area contributed by atoms with E-state index in [0.29, 0.717) is 0 Å². The molecule has 2 nitrogen and oxygen atoms in total. The van der Waals surface area contributed by atoms with Gasteiger partial charge in [-0.05, 0) is 30.5 Å². The van der Waals surface area contributed by atoms with Crippen molar-refractivity contribution in [3.63, 3.8) is 0 Å². The normalized spacial score (nSPS) is 11.5. The second-order valence-corrected chi connectivity index (χ2v) is 3.60. The van der Waals surface area contributed by atoms with Gasteiger partial charge in [-0.1, -0.05) is 23.4 Å². The number of hydrogen-bond donors (Lipinski definition) is 1. The molecule has 0 heterocycles. The van der Waals surface area contributed by atoms with E-state index in [1.165, 1.54) is 0 Å². The van der Waals surface area contributed by atoms with Crippen LogP contribution in [0.2, 0.25) is 5.02 Å². The van der Waals surface area contributed by atoms with E-state index >= 15 is 0 Å². The van der Waals surface area contributed by atoms with Crippen molar-refractivity contribution in [1.82, 2.24) is 0 Å². The second-order valence-electron chi connectivity index (χ2n) is 2.36. The summed E-state index contributed by atoms with van der Waals surface area (Å²) in [6.45, 7) is 0. The molecule has 0 aliphatic rings. The zero-order valence-corrected chi connectivity index (χ0v) is 9.12. The van der Waals surface area contributed by atoms with Gasteiger partial charge in [0.2, 0.25) is 0 Å². The van der Waals surface area contributed by atoms with Crippen LogP contribution in [0.4, 0.5) is 5.69 Å². The highest BCUT2D eigenvalue weighted by atomic mass is 35.5. The van der Waals surface area contributed by atoms with E-state index in [0.717, 1.165) is 15.9 Å². The third kappa shape index (κ3) is 3.28. The van der Waals surface area contributed by atoms with E-state index < -0.39 is 0 Å². The third-order valence-electron chi connectivity index (χ3n) is 1.49. The zero-order valence-electron chi connectivity index (χ0n) is 7.54. The van der Waals surface area contributed by atoms with Crippen molar-refractivity contribution in [2.24, 2.45) is 4.99 Å². The van der Waals surface area contributed by atoms with E-state index in [-0.39, 0.29) is 0 Å². The summed E-state index contributed by atoms with van der Waals surface area (Å²) >= 11 is 7.33. The molecule has 70 valence electrons. The number of thioether (sulfide) groups is 1. The fourth-order valence-electron chi connectivity index (χ4n) is 0.855. The van der Waals surface area contributed by atoms with Crippen molar-refractivity contribution in [2.75, 3.05) is 18.6 Å². The highest BCUT2D eigenvalue weighted by molar-refractivity contribution is 8.13. The third-order valence-corrected chi connectivity index (χ3v) is 2.42. The lowest BCUT2D eigenvalue weighted by molar-refractivity contribution is 1.45. The average molecular weight is 215 g/mol. The quantitative estimate of drug-likeness (QED) is 0.574. The Labute approximate surface area is 87.4 Å². The molecule has 0 aliphatic carbocycles. The minimum Gasteiger partial charge on any atom is -0.335 e. The molecule has 0 radical (unpaired) electrons. The lowest BCUT2D eigenvalue weighted by atomic mass is 10.3. The van der Waals surface area contributed by atoms with Crippen LogP contribution in [-0.4, -0.2) is 18.5 Å². The van der Waals surface area contributed by atoms with Gasteiger partial charge in [0.05, 0.1) is 0 Å². The monoisotopic (exact) mass is 214 g/mol. The first kappa shape index (κ1) is 10.4. The molecule has 0 bridgehead atoms. The number of benzene rings is 1. The molecule has 0 saturated heterocycles. The van der Waals surface area contributed by atoms with E-state index in [2.05, 4.69) is 10.3 Å². The minimum absolute atomic E-state index is 0.740. The van der Waals surface area contributed by atoms with E-state index in [9.17, 15) is 0 Å². The molecule has 1 rings (SSSR count). The number of halogens is 1. The Morgan fingerprint density at radius 3 is 2.46 bits per heavy atom. The smallest absolute Gasteiger partial charge is 0.160 e. The van der Waals surface area contributed by atoms with Crippen molar-refractivity contribution in [3.8, 4) is 0 Å². The van der Waals surface area contributed by atoms with Crippen molar-refractivity contribution >= 4 is 34.2 Å². The lowest BCUT2D eigenvalue weighted by Gasteiger charge is -2.05. The Hall–Kier alpha value is -0.670. The number of rotatable bonds is 1. The average Bonchev–Trinajstić information content (AvgIpc) is 2.17. The fraction of sp³-hybridized carbons (Fsp3) is 0.222. The Balaban J connectivity index is 2.69. The van der Waals surface area contributed by atoms with Crippen LogP contribution in [0.3, 0.4) is 0 Å². The first-order valence-electron chi connectivity index (χ1n) is 3.79. The molecule has 13 heavy (non-hydrogen) atoms. The summed E-state index contributed by atoms with van der Waals surface area (Å²) in [6.07, 6.45) is 1.98. The minimum atomic E-state index is 0.740. The molecular formula is C9H11ClN2S. The van der Waals surface area contributed by atoms with Crippen molar-refractivity contribution in [3.05, 3.63) is 29.3 Å². The van der Waals surface area contributed by atoms with Crippen molar-refractivity contribution in [1.29, 1.82) is 0 Å². The zero-order chi connectivity index (χ0) is 9.68. The summed E-state index contributed by atoms with van der Waals surface area (Å²) in [6, 6.07) is 7.53. The highest BCUT2D eigenvalue weighted by Gasteiger charge is 1.96. The predicted octanol–water partition coefficient (Wildman–Crippen LogP) is 3.10. The number of nitrogens with zero attached hydrogens (tertiary/aromatic N) is 1. The first-order valence-corrected chi connectivity index (χ1v) is 5.40. The molecule has 0 aromatic heterocycles. The van der Waals surface area contributed by atoms with Gasteiger partial charge in [-0.3, -0.25) is 4.99 Å². The Morgan fingerprint density at radius 2 is 2.00 bits per heavy atom. The summed E-state index contributed by atoms with van der Waals surface area (Å²) in [5.74, 6) is 0. The van der Waals surface area contributed by atoms with Gasteiger partial charge >= 0.3 is 0 Å². The molecule has 0 amide bonds. The van der Waals surface area contributed by atoms with Crippen LogP contribution in [-0.2, 0) is 0 Å². The molecule has 4 heteroatoms. The van der Waals surface area contributed by atoms with Crippen LogP contribution in [0.1, 0.15) is 0 Å². The molecule has 0 fully saturated rings. The molecule has 1 N–H and O–H groups in total. The fourth-order valence-corrected chi connectivity index (χ4v) is 1.38. The topological polar surface area (TPSA) is 24.4 Å². The van der Waals surface area contributed by atoms with Crippen molar-refractivity contribution < 1.29 is 0 Å². The standard InChI is InChI=1S/C9H11ClN2S/c1-11-9(13-2)12-8-5-3-7(10)4-6-8/h3-6H,1-2H3,(H,11,12). The van der Waals surface area contributed by atoms with Gasteiger partial charge in [-0.2, -0.15) is 0 Å². The van der Waals surface area contributed by atoms with Crippen LogP contribution in [0.5, 0.6) is 0 Å². The SMILES string of the molecule is CN=C(Nc1ccc(Cl)cc1)SC. The van der Waals surface area contributed by atoms with Crippen LogP contribution < -0.4 is 5.32 Å². The molecule has 0 unspecified atom stereocenters. The van der Waals surface area contributed by atoms with Crippen molar-refractivity contribution in [2.45, 2.75) is 0 Å². The van der Waals surface area contributed by atoms with E-state index in [1.807, 2.05) is 30.5 Å². The van der Waals surface area contributed by atoms with Gasteiger partial charge in [0.15, 0.2) is 5.17 Å². The van der Waals surface area contributed by atoms with E-state index in [1.54, 1.807) is 18.8 Å². The molecule has 1 aromatic carbocycles. The van der Waals surface area contributed by atoms with Crippen LogP contribution in [0.15, 0.2) is 29.3 Å². The number of anilines is 1. The number of hydrogen-bond acceptors (Lipinski definition) is 2. The van der Waals surface area contributed by atoms with Gasteiger partial charge in [0.25, 0.3) is 0 Å². The maximum absolute atomic E-state index is 5.75. The molecule has 0 atom stereocenters. The largest absolute Gasteiger partial charge is 0.335 e. The van der Waals surface area contributed by atoms with Gasteiger partial charge in [0, 0.05) is 17.8 Å². The summed E-state index contributed by atoms with van der Waals surface area (Å²) < 4.78 is 0. The number of aliphatic imine (C=N–C) groups is 1. The van der Waals surface area contributed by atoms with Crippen LogP contribution in [0.25, 0.3) is 0 Å². The Bertz CT molecular complexity index is 295. The summed E-state index contributed by atoms with van der Waals surface area (Å²) in [5, 5.41) is 4.79. The molecule has 0 spiro atoms. The van der Waals surface area contributed by atoms with E-state index in [4.69, 9.17) is 11.6 Å². The summed E-state index contributed by atoms with van der Waals surface area (Å²) in [7, 11) is 1.76. The lowest BCUT2D eigenvalue weighted by Crippen LogP contribution is -2.06. The maximum Gasteiger partial charge on any atom is 0.160 e. The summed E-state index contributed by atoms with van der Waals surface area (Å²) in [5.41, 5.74) is 0.999.